The van der Waals surface area contributed by atoms with Gasteiger partial charge >= 0.3 is 0 Å². The Bertz CT molecular complexity index is 566. The quantitative estimate of drug-likeness (QED) is 0.878. The Balaban J connectivity index is 2.16. The summed E-state index contributed by atoms with van der Waals surface area (Å²) in [7, 11) is 0. The van der Waals surface area contributed by atoms with Crippen molar-refractivity contribution >= 4 is 34.0 Å². The Morgan fingerprint density at radius 3 is 2.58 bits per heavy atom. The Morgan fingerprint density at radius 1 is 1.32 bits per heavy atom. The zero-order valence-electron chi connectivity index (χ0n) is 10.7. The van der Waals surface area contributed by atoms with Crippen molar-refractivity contribution < 1.29 is 4.79 Å². The van der Waals surface area contributed by atoms with Crippen molar-refractivity contribution in [3.8, 4) is 10.6 Å². The summed E-state index contributed by atoms with van der Waals surface area (Å²) in [6, 6.07) is 8.20. The average molecular weight is 296 g/mol. The monoisotopic (exact) mass is 295 g/mol. The molecular formula is C13H14ClN3OS. The number of rotatable bonds is 4. The summed E-state index contributed by atoms with van der Waals surface area (Å²) >= 11 is 6.75. The number of hydrogen-bond acceptors (Lipinski definition) is 4. The van der Waals surface area contributed by atoms with E-state index in [-0.39, 0.29) is 11.8 Å². The molecule has 19 heavy (non-hydrogen) atoms. The second kappa shape index (κ2) is 6.12. The van der Waals surface area contributed by atoms with E-state index in [1.165, 1.54) is 16.9 Å². The van der Waals surface area contributed by atoms with Gasteiger partial charge in [-0.2, -0.15) is 0 Å². The van der Waals surface area contributed by atoms with Gasteiger partial charge in [-0.15, -0.1) is 21.8 Å². The number of benzene rings is 1. The van der Waals surface area contributed by atoms with Crippen LogP contribution in [0.5, 0.6) is 0 Å². The van der Waals surface area contributed by atoms with E-state index < -0.39 is 0 Å². The molecule has 0 aliphatic rings. The van der Waals surface area contributed by atoms with Crippen molar-refractivity contribution in [1.82, 2.24) is 10.2 Å². The molecule has 1 N–H and O–H groups in total. The van der Waals surface area contributed by atoms with Crippen LogP contribution in [-0.4, -0.2) is 22.0 Å². The highest BCUT2D eigenvalue weighted by Crippen LogP contribution is 2.27. The van der Waals surface area contributed by atoms with Gasteiger partial charge in [0.15, 0.2) is 0 Å². The van der Waals surface area contributed by atoms with Crippen LogP contribution < -0.4 is 5.32 Å². The topological polar surface area (TPSA) is 54.9 Å². The molecule has 100 valence electrons. The number of nitrogens with one attached hydrogen (secondary N) is 1. The summed E-state index contributed by atoms with van der Waals surface area (Å²) in [5, 5.41) is 11.8. The molecule has 0 aliphatic heterocycles. The minimum Gasteiger partial charge on any atom is -0.299 e. The van der Waals surface area contributed by atoms with E-state index in [1.54, 1.807) is 0 Å². The number of carbonyl (C=O) groups is 1. The van der Waals surface area contributed by atoms with Crippen LogP contribution in [0.15, 0.2) is 24.3 Å². The molecule has 0 aliphatic carbocycles. The Labute approximate surface area is 120 Å². The second-order valence-corrected chi connectivity index (χ2v) is 5.62. The third kappa shape index (κ3) is 3.52. The smallest absolute Gasteiger partial charge is 0.241 e. The van der Waals surface area contributed by atoms with E-state index in [9.17, 15) is 4.79 Å². The first-order chi connectivity index (χ1) is 9.10. The fourth-order valence-corrected chi connectivity index (χ4v) is 2.39. The number of amides is 1. The normalized spacial score (nSPS) is 10.7. The third-order valence-corrected chi connectivity index (χ3v) is 3.75. The molecule has 6 heteroatoms. The van der Waals surface area contributed by atoms with Gasteiger partial charge in [0.2, 0.25) is 11.0 Å². The van der Waals surface area contributed by atoms with Gasteiger partial charge in [-0.05, 0) is 11.5 Å². The minimum atomic E-state index is -0.278. The Kier molecular flexibility index (Phi) is 4.50. The molecule has 0 saturated carbocycles. The lowest BCUT2D eigenvalue weighted by Crippen LogP contribution is -2.12. The lowest BCUT2D eigenvalue weighted by atomic mass is 10.0. The van der Waals surface area contributed by atoms with Crippen LogP contribution in [0.4, 0.5) is 5.13 Å². The fourth-order valence-electron chi connectivity index (χ4n) is 1.55. The second-order valence-electron chi connectivity index (χ2n) is 4.37. The first kappa shape index (κ1) is 14.0. The molecule has 0 bridgehead atoms. The van der Waals surface area contributed by atoms with Crippen LogP contribution in [-0.2, 0) is 4.79 Å². The summed E-state index contributed by atoms with van der Waals surface area (Å²) in [5.74, 6) is 0.138. The van der Waals surface area contributed by atoms with Crippen molar-refractivity contribution in [2.24, 2.45) is 0 Å². The molecule has 1 aromatic heterocycles. The number of aromatic nitrogens is 2. The number of halogens is 1. The summed E-state index contributed by atoms with van der Waals surface area (Å²) in [4.78, 5) is 11.1. The predicted molar refractivity (Wildman–Crippen MR) is 78.8 cm³/mol. The molecule has 1 heterocycles. The average Bonchev–Trinajstić information content (AvgIpc) is 2.87. The number of carbonyl (C=O) groups excluding carboxylic acids is 1. The molecule has 0 saturated heterocycles. The van der Waals surface area contributed by atoms with Crippen LogP contribution in [0.2, 0.25) is 0 Å². The van der Waals surface area contributed by atoms with E-state index in [0.29, 0.717) is 11.0 Å². The van der Waals surface area contributed by atoms with E-state index in [1.807, 2.05) is 12.1 Å². The molecular weight excluding hydrogens is 282 g/mol. The highest BCUT2D eigenvalue weighted by atomic mass is 35.5. The molecule has 4 nitrogen and oxygen atoms in total. The SMILES string of the molecule is CC(C)c1ccc(-c2nnc(NC(=O)CCl)s2)cc1. The van der Waals surface area contributed by atoms with E-state index >= 15 is 0 Å². The van der Waals surface area contributed by atoms with Crippen LogP contribution in [0.1, 0.15) is 25.3 Å². The Morgan fingerprint density at radius 2 is 2.00 bits per heavy atom. The molecule has 0 unspecified atom stereocenters. The van der Waals surface area contributed by atoms with Crippen molar-refractivity contribution in [2.45, 2.75) is 19.8 Å². The summed E-state index contributed by atoms with van der Waals surface area (Å²) < 4.78 is 0. The van der Waals surface area contributed by atoms with Gasteiger partial charge < -0.3 is 0 Å². The number of hydrogen-bond donors (Lipinski definition) is 1. The highest BCUT2D eigenvalue weighted by Gasteiger charge is 2.09. The van der Waals surface area contributed by atoms with Gasteiger partial charge in [-0.25, -0.2) is 0 Å². The van der Waals surface area contributed by atoms with E-state index in [2.05, 4.69) is 41.5 Å². The van der Waals surface area contributed by atoms with Crippen molar-refractivity contribution in [3.05, 3.63) is 29.8 Å². The lowest BCUT2D eigenvalue weighted by molar-refractivity contribution is -0.113. The van der Waals surface area contributed by atoms with Crippen molar-refractivity contribution in [3.63, 3.8) is 0 Å². The molecule has 2 rings (SSSR count). The van der Waals surface area contributed by atoms with Gasteiger partial charge in [0.1, 0.15) is 10.9 Å². The van der Waals surface area contributed by atoms with Gasteiger partial charge in [-0.3, -0.25) is 10.1 Å². The van der Waals surface area contributed by atoms with E-state index in [4.69, 9.17) is 11.6 Å². The van der Waals surface area contributed by atoms with Crippen LogP contribution in [0.25, 0.3) is 10.6 Å². The van der Waals surface area contributed by atoms with Gasteiger partial charge in [0, 0.05) is 5.56 Å². The maximum absolute atomic E-state index is 11.1. The first-order valence-electron chi connectivity index (χ1n) is 5.90. The maximum Gasteiger partial charge on any atom is 0.241 e. The molecule has 0 fully saturated rings. The van der Waals surface area contributed by atoms with Gasteiger partial charge in [0.05, 0.1) is 0 Å². The van der Waals surface area contributed by atoms with Crippen LogP contribution in [0.3, 0.4) is 0 Å². The molecule has 1 amide bonds. The summed E-state index contributed by atoms with van der Waals surface area (Å²) in [6.07, 6.45) is 0. The standard InChI is InChI=1S/C13H14ClN3OS/c1-8(2)9-3-5-10(6-4-9)12-16-17-13(19-12)15-11(18)7-14/h3-6,8H,7H2,1-2H3,(H,15,17,18). The largest absolute Gasteiger partial charge is 0.299 e. The maximum atomic E-state index is 11.1. The fraction of sp³-hybridized carbons (Fsp3) is 0.308. The van der Waals surface area contributed by atoms with Gasteiger partial charge in [0.25, 0.3) is 0 Å². The van der Waals surface area contributed by atoms with Crippen molar-refractivity contribution in [2.75, 3.05) is 11.2 Å². The first-order valence-corrected chi connectivity index (χ1v) is 7.25. The zero-order chi connectivity index (χ0) is 13.8. The molecule has 0 atom stereocenters. The van der Waals surface area contributed by atoms with Crippen molar-refractivity contribution in [1.29, 1.82) is 0 Å². The van der Waals surface area contributed by atoms with Crippen LogP contribution in [0, 0.1) is 0 Å². The summed E-state index contributed by atoms with van der Waals surface area (Å²) in [5.41, 5.74) is 2.28. The third-order valence-electron chi connectivity index (χ3n) is 2.62. The predicted octanol–water partition coefficient (Wildman–Crippen LogP) is 3.51. The lowest BCUT2D eigenvalue weighted by Gasteiger charge is -2.04. The van der Waals surface area contributed by atoms with Gasteiger partial charge in [-0.1, -0.05) is 49.4 Å². The van der Waals surface area contributed by atoms with Crippen LogP contribution >= 0.6 is 22.9 Å². The Hall–Kier alpha value is -1.46. The summed E-state index contributed by atoms with van der Waals surface area (Å²) in [6.45, 7) is 4.31. The highest BCUT2D eigenvalue weighted by molar-refractivity contribution is 7.18. The molecule has 0 spiro atoms. The molecule has 1 aromatic carbocycles. The number of anilines is 1. The number of alkyl halides is 1. The zero-order valence-corrected chi connectivity index (χ0v) is 12.3. The molecule has 2 aromatic rings. The molecule has 0 radical (unpaired) electrons. The number of nitrogens with zero attached hydrogens (tertiary/aromatic N) is 2. The van der Waals surface area contributed by atoms with E-state index in [0.717, 1.165) is 10.6 Å². The minimum absolute atomic E-state index is 0.0853.